The zero-order valence-electron chi connectivity index (χ0n) is 10.9. The fraction of sp³-hybridized carbons (Fsp3) is 0.429. The van der Waals surface area contributed by atoms with Crippen LogP contribution in [0.4, 0.5) is 0 Å². The van der Waals surface area contributed by atoms with Gasteiger partial charge in [-0.25, -0.2) is 4.79 Å². The number of nitrogens with zero attached hydrogens (tertiary/aromatic N) is 1. The molecule has 1 aliphatic rings. The first kappa shape index (κ1) is 13.5. The third-order valence-corrected chi connectivity index (χ3v) is 3.16. The summed E-state index contributed by atoms with van der Waals surface area (Å²) in [6, 6.07) is 8.73. The third-order valence-electron chi connectivity index (χ3n) is 3.16. The molecule has 1 aliphatic heterocycles. The zero-order valence-corrected chi connectivity index (χ0v) is 10.9. The lowest BCUT2D eigenvalue weighted by molar-refractivity contribution is -0.150. The molecule has 1 aromatic rings. The quantitative estimate of drug-likeness (QED) is 0.775. The summed E-state index contributed by atoms with van der Waals surface area (Å²) in [4.78, 5) is 28.5. The highest BCUT2D eigenvalue weighted by molar-refractivity contribution is 5.89. The summed E-state index contributed by atoms with van der Waals surface area (Å²) in [5.41, 5.74) is 0.506. The summed E-state index contributed by atoms with van der Waals surface area (Å²) < 4.78 is 4.64. The molecule has 0 N–H and O–H groups in total. The van der Waals surface area contributed by atoms with E-state index in [1.165, 1.54) is 7.11 Å². The lowest BCUT2D eigenvalue weighted by atomic mass is 10.1. The van der Waals surface area contributed by atoms with Crippen molar-refractivity contribution in [1.29, 1.82) is 0 Å². The van der Waals surface area contributed by atoms with Crippen molar-refractivity contribution in [2.45, 2.75) is 25.3 Å². The predicted molar refractivity (Wildman–Crippen MR) is 68.2 cm³/mol. The molecule has 1 unspecified atom stereocenters. The maximum Gasteiger partial charge on any atom is 0.357 e. The molecule has 0 radical (unpaired) electrons. The van der Waals surface area contributed by atoms with Crippen molar-refractivity contribution in [3.8, 4) is 0 Å². The Morgan fingerprint density at radius 1 is 1.32 bits per heavy atom. The van der Waals surface area contributed by atoms with E-state index in [1.807, 2.05) is 6.07 Å². The molecule has 1 fully saturated rings. The van der Waals surface area contributed by atoms with Gasteiger partial charge in [-0.3, -0.25) is 4.79 Å². The summed E-state index contributed by atoms with van der Waals surface area (Å²) in [5, 5.41) is 1.59. The third kappa shape index (κ3) is 3.54. The topological polar surface area (TPSA) is 55.8 Å². The van der Waals surface area contributed by atoms with Crippen LogP contribution in [0, 0.1) is 0 Å². The smallest absolute Gasteiger partial charge is 0.357 e. The van der Waals surface area contributed by atoms with E-state index in [9.17, 15) is 9.59 Å². The van der Waals surface area contributed by atoms with Gasteiger partial charge in [-0.05, 0) is 25.0 Å². The predicted octanol–water partition coefficient (Wildman–Crippen LogP) is 1.79. The first-order valence-corrected chi connectivity index (χ1v) is 6.31. The molecule has 0 saturated carbocycles. The molecular formula is C14H17NO4. The Morgan fingerprint density at radius 3 is 2.74 bits per heavy atom. The van der Waals surface area contributed by atoms with Gasteiger partial charge in [0.25, 0.3) is 0 Å². The Kier molecular flexibility index (Phi) is 4.52. The van der Waals surface area contributed by atoms with E-state index in [-0.39, 0.29) is 18.4 Å². The molecule has 1 heterocycles. The van der Waals surface area contributed by atoms with Crippen LogP contribution in [0.2, 0.25) is 0 Å². The van der Waals surface area contributed by atoms with E-state index in [1.54, 1.807) is 29.3 Å². The van der Waals surface area contributed by atoms with Gasteiger partial charge >= 0.3 is 11.9 Å². The van der Waals surface area contributed by atoms with E-state index in [4.69, 9.17) is 4.84 Å². The number of rotatable bonds is 4. The SMILES string of the molecule is COC(=O)CC1CCCN1OC(=O)c1ccccc1. The summed E-state index contributed by atoms with van der Waals surface area (Å²) in [7, 11) is 1.36. The number of hydroxylamine groups is 2. The van der Waals surface area contributed by atoms with Crippen molar-refractivity contribution >= 4 is 11.9 Å². The molecule has 102 valence electrons. The standard InChI is InChI=1S/C14H17NO4/c1-18-13(16)10-12-8-5-9-15(12)19-14(17)11-6-3-2-4-7-11/h2-4,6-7,12H,5,8-10H2,1H3. The minimum Gasteiger partial charge on any atom is -0.469 e. The lowest BCUT2D eigenvalue weighted by Gasteiger charge is -2.22. The number of hydrogen-bond acceptors (Lipinski definition) is 5. The van der Waals surface area contributed by atoms with Gasteiger partial charge in [0.15, 0.2) is 0 Å². The molecule has 1 aromatic carbocycles. The molecule has 1 saturated heterocycles. The van der Waals surface area contributed by atoms with Crippen LogP contribution in [-0.2, 0) is 14.4 Å². The first-order chi connectivity index (χ1) is 9.20. The van der Waals surface area contributed by atoms with Crippen molar-refractivity contribution in [3.63, 3.8) is 0 Å². The second-order valence-electron chi connectivity index (χ2n) is 4.46. The molecule has 5 heteroatoms. The molecule has 5 nitrogen and oxygen atoms in total. The van der Waals surface area contributed by atoms with Gasteiger partial charge in [0.2, 0.25) is 0 Å². The van der Waals surface area contributed by atoms with Crippen molar-refractivity contribution in [2.24, 2.45) is 0 Å². The van der Waals surface area contributed by atoms with Crippen LogP contribution in [-0.4, -0.2) is 36.7 Å². The fourth-order valence-electron chi connectivity index (χ4n) is 2.14. The van der Waals surface area contributed by atoms with Crippen molar-refractivity contribution in [2.75, 3.05) is 13.7 Å². The summed E-state index contributed by atoms with van der Waals surface area (Å²) in [6.45, 7) is 0.653. The Labute approximate surface area is 112 Å². The molecular weight excluding hydrogens is 246 g/mol. The number of methoxy groups -OCH3 is 1. The Morgan fingerprint density at radius 2 is 2.05 bits per heavy atom. The summed E-state index contributed by atoms with van der Waals surface area (Å²) >= 11 is 0. The van der Waals surface area contributed by atoms with E-state index in [0.717, 1.165) is 12.8 Å². The van der Waals surface area contributed by atoms with Gasteiger partial charge in [-0.2, -0.15) is 0 Å². The highest BCUT2D eigenvalue weighted by Gasteiger charge is 2.30. The van der Waals surface area contributed by atoms with Crippen LogP contribution in [0.5, 0.6) is 0 Å². The number of esters is 1. The van der Waals surface area contributed by atoms with Gasteiger partial charge in [0.1, 0.15) is 0 Å². The van der Waals surface area contributed by atoms with Crippen molar-refractivity contribution in [1.82, 2.24) is 5.06 Å². The van der Waals surface area contributed by atoms with E-state index >= 15 is 0 Å². The molecule has 0 aliphatic carbocycles. The number of carbonyl (C=O) groups excluding carboxylic acids is 2. The van der Waals surface area contributed by atoms with Gasteiger partial charge in [0, 0.05) is 6.54 Å². The maximum absolute atomic E-state index is 11.9. The van der Waals surface area contributed by atoms with Crippen LogP contribution in [0.3, 0.4) is 0 Å². The number of carbonyl (C=O) groups is 2. The molecule has 2 rings (SSSR count). The van der Waals surface area contributed by atoms with E-state index in [2.05, 4.69) is 4.74 Å². The van der Waals surface area contributed by atoms with Crippen LogP contribution >= 0.6 is 0 Å². The molecule has 0 spiro atoms. The Balaban J connectivity index is 1.94. The minimum absolute atomic E-state index is 0.0832. The Hall–Kier alpha value is -1.88. The second-order valence-corrected chi connectivity index (χ2v) is 4.46. The first-order valence-electron chi connectivity index (χ1n) is 6.31. The largest absolute Gasteiger partial charge is 0.469 e. The van der Waals surface area contributed by atoms with Crippen LogP contribution in [0.25, 0.3) is 0 Å². The average Bonchev–Trinajstić information content (AvgIpc) is 2.86. The number of ether oxygens (including phenoxy) is 1. The van der Waals surface area contributed by atoms with E-state index < -0.39 is 5.97 Å². The van der Waals surface area contributed by atoms with Gasteiger partial charge in [-0.1, -0.05) is 18.2 Å². The minimum atomic E-state index is -0.391. The number of benzene rings is 1. The molecule has 19 heavy (non-hydrogen) atoms. The van der Waals surface area contributed by atoms with E-state index in [0.29, 0.717) is 12.1 Å². The molecule has 0 aromatic heterocycles. The van der Waals surface area contributed by atoms with Gasteiger partial charge in [-0.15, -0.1) is 5.06 Å². The molecule has 1 atom stereocenters. The van der Waals surface area contributed by atoms with Crippen LogP contribution in [0.1, 0.15) is 29.6 Å². The molecule has 0 bridgehead atoms. The van der Waals surface area contributed by atoms with Crippen molar-refractivity contribution in [3.05, 3.63) is 35.9 Å². The average molecular weight is 263 g/mol. The molecule has 0 amide bonds. The fourth-order valence-corrected chi connectivity index (χ4v) is 2.14. The maximum atomic E-state index is 11.9. The Bertz CT molecular complexity index is 446. The normalized spacial score (nSPS) is 19.1. The highest BCUT2D eigenvalue weighted by atomic mass is 16.7. The van der Waals surface area contributed by atoms with Gasteiger partial charge in [0.05, 0.1) is 25.1 Å². The van der Waals surface area contributed by atoms with Crippen LogP contribution < -0.4 is 0 Å². The zero-order chi connectivity index (χ0) is 13.7. The van der Waals surface area contributed by atoms with Crippen LogP contribution in [0.15, 0.2) is 30.3 Å². The monoisotopic (exact) mass is 263 g/mol. The summed E-state index contributed by atoms with van der Waals surface area (Å²) in [5.74, 6) is -0.676. The number of hydrogen-bond donors (Lipinski definition) is 0. The van der Waals surface area contributed by atoms with Crippen molar-refractivity contribution < 1.29 is 19.2 Å². The lowest BCUT2D eigenvalue weighted by Crippen LogP contribution is -2.34. The summed E-state index contributed by atoms with van der Waals surface area (Å²) in [6.07, 6.45) is 1.99. The second kappa shape index (κ2) is 6.33. The highest BCUT2D eigenvalue weighted by Crippen LogP contribution is 2.21. The van der Waals surface area contributed by atoms with Gasteiger partial charge < -0.3 is 9.57 Å².